The van der Waals surface area contributed by atoms with Gasteiger partial charge in [0, 0.05) is 0 Å². The number of anilines is 1. The Bertz CT molecular complexity index is 395. The number of methoxy groups -OCH3 is 1. The third-order valence-corrected chi connectivity index (χ3v) is 2.04. The van der Waals surface area contributed by atoms with Gasteiger partial charge < -0.3 is 10.5 Å². The number of pyridine rings is 1. The van der Waals surface area contributed by atoms with Crippen LogP contribution in [-0.4, -0.2) is 18.1 Å². The van der Waals surface area contributed by atoms with Crippen LogP contribution in [0.5, 0.6) is 0 Å². The van der Waals surface area contributed by atoms with Gasteiger partial charge in [0.2, 0.25) is 0 Å². The third kappa shape index (κ3) is 1.63. The van der Waals surface area contributed by atoms with Crippen molar-refractivity contribution in [3.63, 3.8) is 0 Å². The first kappa shape index (κ1) is 10.7. The summed E-state index contributed by atoms with van der Waals surface area (Å²) >= 11 is 5.62. The predicted molar refractivity (Wildman–Crippen MR) is 49.7 cm³/mol. The zero-order valence-electron chi connectivity index (χ0n) is 7.60. The van der Waals surface area contributed by atoms with E-state index in [1.54, 1.807) is 0 Å². The number of carbonyl (C=O) groups is 1. The standard InChI is InChI=1S/C8H8ClFN2O2/c1-3-5(10)6(11)4(9)7(12-3)8(13)14-2/h1-2H3,(H2,11,12). The van der Waals surface area contributed by atoms with E-state index in [9.17, 15) is 9.18 Å². The maximum absolute atomic E-state index is 13.1. The molecule has 1 heterocycles. The lowest BCUT2D eigenvalue weighted by molar-refractivity contribution is 0.0594. The molecule has 0 aromatic carbocycles. The van der Waals surface area contributed by atoms with Gasteiger partial charge in [0.1, 0.15) is 0 Å². The SMILES string of the molecule is COC(=O)c1nc(C)c(F)c(N)c1Cl. The van der Waals surface area contributed by atoms with Crippen molar-refractivity contribution >= 4 is 23.3 Å². The Kier molecular flexibility index (Phi) is 2.90. The predicted octanol–water partition coefficient (Wildman–Crippen LogP) is 1.55. The summed E-state index contributed by atoms with van der Waals surface area (Å²) in [6, 6.07) is 0. The zero-order valence-corrected chi connectivity index (χ0v) is 8.35. The molecule has 0 aliphatic rings. The summed E-state index contributed by atoms with van der Waals surface area (Å²) in [6.07, 6.45) is 0. The molecule has 0 saturated heterocycles. The van der Waals surface area contributed by atoms with E-state index in [0.717, 1.165) is 0 Å². The molecule has 0 aliphatic heterocycles. The van der Waals surface area contributed by atoms with E-state index < -0.39 is 11.8 Å². The van der Waals surface area contributed by atoms with Gasteiger partial charge >= 0.3 is 5.97 Å². The summed E-state index contributed by atoms with van der Waals surface area (Å²) in [4.78, 5) is 14.7. The molecule has 6 heteroatoms. The van der Waals surface area contributed by atoms with Crippen molar-refractivity contribution in [2.24, 2.45) is 0 Å². The second kappa shape index (κ2) is 3.79. The molecular formula is C8H8ClFN2O2. The molecule has 0 aliphatic carbocycles. The van der Waals surface area contributed by atoms with Crippen molar-refractivity contribution in [3.05, 3.63) is 22.2 Å². The van der Waals surface area contributed by atoms with E-state index in [0.29, 0.717) is 0 Å². The molecule has 1 aromatic heterocycles. The second-order valence-electron chi connectivity index (χ2n) is 2.58. The molecule has 14 heavy (non-hydrogen) atoms. The smallest absolute Gasteiger partial charge is 0.358 e. The van der Waals surface area contributed by atoms with Crippen molar-refractivity contribution in [1.82, 2.24) is 4.98 Å². The lowest BCUT2D eigenvalue weighted by Gasteiger charge is -2.06. The lowest BCUT2D eigenvalue weighted by Crippen LogP contribution is -2.10. The van der Waals surface area contributed by atoms with E-state index in [4.69, 9.17) is 17.3 Å². The number of ether oxygens (including phenoxy) is 1. The number of halogens is 2. The highest BCUT2D eigenvalue weighted by molar-refractivity contribution is 6.35. The number of nitrogens with two attached hydrogens (primary N) is 1. The monoisotopic (exact) mass is 218 g/mol. The average Bonchev–Trinajstić information content (AvgIpc) is 2.19. The Balaban J connectivity index is 3.40. The molecule has 1 aromatic rings. The van der Waals surface area contributed by atoms with Gasteiger partial charge in [-0.25, -0.2) is 14.2 Å². The minimum Gasteiger partial charge on any atom is -0.464 e. The normalized spacial score (nSPS) is 10.0. The summed E-state index contributed by atoms with van der Waals surface area (Å²) in [5.41, 5.74) is 4.86. The highest BCUT2D eigenvalue weighted by atomic mass is 35.5. The third-order valence-electron chi connectivity index (χ3n) is 1.66. The molecule has 1 rings (SSSR count). The van der Waals surface area contributed by atoms with Gasteiger partial charge in [-0.05, 0) is 6.92 Å². The Morgan fingerprint density at radius 3 is 2.71 bits per heavy atom. The van der Waals surface area contributed by atoms with E-state index >= 15 is 0 Å². The fourth-order valence-corrected chi connectivity index (χ4v) is 1.12. The van der Waals surface area contributed by atoms with E-state index in [2.05, 4.69) is 9.72 Å². The number of nitrogens with zero attached hydrogens (tertiary/aromatic N) is 1. The number of hydrogen-bond acceptors (Lipinski definition) is 4. The van der Waals surface area contributed by atoms with Crippen LogP contribution in [0.15, 0.2) is 0 Å². The van der Waals surface area contributed by atoms with Crippen LogP contribution >= 0.6 is 11.6 Å². The molecule has 0 unspecified atom stereocenters. The number of esters is 1. The number of hydrogen-bond donors (Lipinski definition) is 1. The minimum atomic E-state index is -0.746. The van der Waals surface area contributed by atoms with Crippen LogP contribution in [0.1, 0.15) is 16.2 Å². The molecule has 0 spiro atoms. The van der Waals surface area contributed by atoms with Gasteiger partial charge in [0.05, 0.1) is 23.5 Å². The van der Waals surface area contributed by atoms with Gasteiger partial charge in [-0.2, -0.15) is 0 Å². The highest BCUT2D eigenvalue weighted by Crippen LogP contribution is 2.26. The van der Waals surface area contributed by atoms with Gasteiger partial charge in [-0.15, -0.1) is 0 Å². The van der Waals surface area contributed by atoms with Crippen LogP contribution in [0.4, 0.5) is 10.1 Å². The fourth-order valence-electron chi connectivity index (χ4n) is 0.917. The summed E-state index contributed by atoms with van der Waals surface area (Å²) in [7, 11) is 1.18. The van der Waals surface area contributed by atoms with Crippen LogP contribution < -0.4 is 5.73 Å². The topological polar surface area (TPSA) is 65.2 Å². The van der Waals surface area contributed by atoms with Gasteiger partial charge in [-0.3, -0.25) is 0 Å². The molecule has 0 radical (unpaired) electrons. The summed E-state index contributed by atoms with van der Waals surface area (Å²) < 4.78 is 17.5. The van der Waals surface area contributed by atoms with E-state index in [-0.39, 0.29) is 22.1 Å². The largest absolute Gasteiger partial charge is 0.464 e. The maximum atomic E-state index is 13.1. The van der Waals surface area contributed by atoms with Crippen LogP contribution in [0.25, 0.3) is 0 Å². The number of nitrogen functional groups attached to an aromatic ring is 1. The maximum Gasteiger partial charge on any atom is 0.358 e. The molecule has 0 fully saturated rings. The van der Waals surface area contributed by atoms with Gasteiger partial charge in [0.25, 0.3) is 0 Å². The Morgan fingerprint density at radius 2 is 2.21 bits per heavy atom. The first-order valence-corrected chi connectivity index (χ1v) is 4.06. The molecule has 0 amide bonds. The van der Waals surface area contributed by atoms with Crippen LogP contribution in [0.3, 0.4) is 0 Å². The number of rotatable bonds is 1. The lowest BCUT2D eigenvalue weighted by atomic mass is 10.2. The minimum absolute atomic E-state index is 0.00676. The van der Waals surface area contributed by atoms with E-state index in [1.165, 1.54) is 14.0 Å². The number of carbonyl (C=O) groups excluding carboxylic acids is 1. The van der Waals surface area contributed by atoms with Crippen molar-refractivity contribution in [2.45, 2.75) is 6.92 Å². The van der Waals surface area contributed by atoms with Crippen LogP contribution in [-0.2, 0) is 4.74 Å². The first-order chi connectivity index (χ1) is 6.49. The van der Waals surface area contributed by atoms with Crippen molar-refractivity contribution in [1.29, 1.82) is 0 Å². The Hall–Kier alpha value is -1.36. The fraction of sp³-hybridized carbons (Fsp3) is 0.250. The summed E-state index contributed by atoms with van der Waals surface area (Å²) in [5, 5.41) is -0.222. The number of aryl methyl sites for hydroxylation is 1. The summed E-state index contributed by atoms with van der Waals surface area (Å²) in [6.45, 7) is 1.38. The van der Waals surface area contributed by atoms with Crippen molar-refractivity contribution in [3.8, 4) is 0 Å². The molecule has 0 bridgehead atoms. The first-order valence-electron chi connectivity index (χ1n) is 3.68. The van der Waals surface area contributed by atoms with Crippen molar-refractivity contribution in [2.75, 3.05) is 12.8 Å². The molecule has 2 N–H and O–H groups in total. The van der Waals surface area contributed by atoms with Crippen LogP contribution in [0.2, 0.25) is 5.02 Å². The Labute approximate surface area is 84.8 Å². The van der Waals surface area contributed by atoms with Crippen LogP contribution in [0, 0.1) is 12.7 Å². The molecule has 0 saturated carbocycles. The molecule has 4 nitrogen and oxygen atoms in total. The van der Waals surface area contributed by atoms with Crippen molar-refractivity contribution < 1.29 is 13.9 Å². The number of aromatic nitrogens is 1. The summed E-state index contributed by atoms with van der Waals surface area (Å²) in [5.74, 6) is -1.47. The van der Waals surface area contributed by atoms with E-state index in [1.807, 2.05) is 0 Å². The average molecular weight is 219 g/mol. The van der Waals surface area contributed by atoms with Gasteiger partial charge in [0.15, 0.2) is 11.5 Å². The Morgan fingerprint density at radius 1 is 1.64 bits per heavy atom. The highest BCUT2D eigenvalue weighted by Gasteiger charge is 2.19. The second-order valence-corrected chi connectivity index (χ2v) is 2.96. The molecular weight excluding hydrogens is 211 g/mol. The molecule has 76 valence electrons. The zero-order chi connectivity index (χ0) is 10.9. The molecule has 0 atom stereocenters. The quantitative estimate of drug-likeness (QED) is 0.727. The van der Waals surface area contributed by atoms with Gasteiger partial charge in [-0.1, -0.05) is 11.6 Å².